The molecule has 1 aromatic heterocycles. The van der Waals surface area contributed by atoms with Crippen LogP contribution in [0.15, 0.2) is 42.7 Å². The van der Waals surface area contributed by atoms with Crippen LogP contribution in [0, 0.1) is 13.8 Å². The van der Waals surface area contributed by atoms with E-state index in [-0.39, 0.29) is 12.5 Å². The Kier molecular flexibility index (Phi) is 5.53. The Balaban J connectivity index is 1.55. The smallest absolute Gasteiger partial charge is 0.260 e. The molecule has 0 bridgehead atoms. The van der Waals surface area contributed by atoms with Gasteiger partial charge in [-0.2, -0.15) is 0 Å². The molecular formula is C20H25N3O2. The van der Waals surface area contributed by atoms with Gasteiger partial charge in [0.15, 0.2) is 6.61 Å². The molecule has 3 rings (SSSR count). The van der Waals surface area contributed by atoms with Crippen LogP contribution in [0.4, 0.5) is 5.69 Å². The average molecular weight is 339 g/mol. The molecule has 0 unspecified atom stereocenters. The van der Waals surface area contributed by atoms with Crippen molar-refractivity contribution >= 4 is 11.6 Å². The standard InChI is InChI=1S/C20H25N3O2/c1-16-5-3-6-18(13-16)25-15-20(24)23-10-4-9-22(11-12-23)19-7-8-21-14-17(19)2/h3,5-8,13-14H,4,9-12,15H2,1-2H3. The Labute approximate surface area is 149 Å². The first kappa shape index (κ1) is 17.3. The highest BCUT2D eigenvalue weighted by Gasteiger charge is 2.20. The van der Waals surface area contributed by atoms with Crippen LogP contribution in [0.1, 0.15) is 17.5 Å². The molecule has 1 aromatic carbocycles. The van der Waals surface area contributed by atoms with Gasteiger partial charge in [-0.15, -0.1) is 0 Å². The Bertz CT molecular complexity index is 732. The summed E-state index contributed by atoms with van der Waals surface area (Å²) in [6.07, 6.45) is 4.67. The van der Waals surface area contributed by atoms with Crippen molar-refractivity contribution in [2.45, 2.75) is 20.3 Å². The molecule has 0 aliphatic carbocycles. The van der Waals surface area contributed by atoms with Gasteiger partial charge in [0.2, 0.25) is 0 Å². The van der Waals surface area contributed by atoms with Crippen molar-refractivity contribution in [2.75, 3.05) is 37.7 Å². The summed E-state index contributed by atoms with van der Waals surface area (Å²) in [5.41, 5.74) is 3.51. The fourth-order valence-corrected chi connectivity index (χ4v) is 3.17. The zero-order chi connectivity index (χ0) is 17.6. The predicted octanol–water partition coefficient (Wildman–Crippen LogP) is 2.82. The molecule has 1 saturated heterocycles. The topological polar surface area (TPSA) is 45.7 Å². The van der Waals surface area contributed by atoms with Crippen molar-refractivity contribution in [1.82, 2.24) is 9.88 Å². The maximum atomic E-state index is 12.5. The van der Waals surface area contributed by atoms with Crippen LogP contribution in [0.5, 0.6) is 5.75 Å². The molecule has 1 fully saturated rings. The summed E-state index contributed by atoms with van der Waals surface area (Å²) in [4.78, 5) is 20.9. The first-order valence-corrected chi connectivity index (χ1v) is 8.76. The first-order chi connectivity index (χ1) is 12.1. The summed E-state index contributed by atoms with van der Waals surface area (Å²) in [6, 6.07) is 9.84. The minimum absolute atomic E-state index is 0.0507. The van der Waals surface area contributed by atoms with Gasteiger partial charge in [-0.25, -0.2) is 0 Å². The van der Waals surface area contributed by atoms with Gasteiger partial charge in [-0.05, 0) is 49.6 Å². The first-order valence-electron chi connectivity index (χ1n) is 8.76. The number of ether oxygens (including phenoxy) is 1. The maximum absolute atomic E-state index is 12.5. The number of aromatic nitrogens is 1. The molecule has 1 amide bonds. The third-order valence-electron chi connectivity index (χ3n) is 4.53. The number of hydrogen-bond acceptors (Lipinski definition) is 4. The van der Waals surface area contributed by atoms with E-state index in [1.165, 1.54) is 11.3 Å². The van der Waals surface area contributed by atoms with Gasteiger partial charge in [0.25, 0.3) is 5.91 Å². The Hall–Kier alpha value is -2.56. The quantitative estimate of drug-likeness (QED) is 0.859. The molecule has 0 atom stereocenters. The van der Waals surface area contributed by atoms with E-state index in [0.29, 0.717) is 0 Å². The predicted molar refractivity (Wildman–Crippen MR) is 99.1 cm³/mol. The number of amides is 1. The largest absolute Gasteiger partial charge is 0.484 e. The van der Waals surface area contributed by atoms with Crippen LogP contribution in [0.2, 0.25) is 0 Å². The van der Waals surface area contributed by atoms with Crippen molar-refractivity contribution in [3.8, 4) is 5.75 Å². The number of nitrogens with zero attached hydrogens (tertiary/aromatic N) is 3. The Morgan fingerprint density at radius 2 is 2.04 bits per heavy atom. The summed E-state index contributed by atoms with van der Waals surface area (Å²) in [6.45, 7) is 7.46. The molecule has 2 heterocycles. The highest BCUT2D eigenvalue weighted by atomic mass is 16.5. The van der Waals surface area contributed by atoms with E-state index in [1.807, 2.05) is 54.5 Å². The number of rotatable bonds is 4. The van der Waals surface area contributed by atoms with Gasteiger partial charge in [-0.3, -0.25) is 9.78 Å². The second kappa shape index (κ2) is 8.01. The number of hydrogen-bond donors (Lipinski definition) is 0. The van der Waals surface area contributed by atoms with Crippen molar-refractivity contribution in [3.63, 3.8) is 0 Å². The van der Waals surface area contributed by atoms with Crippen molar-refractivity contribution in [1.29, 1.82) is 0 Å². The number of carbonyl (C=O) groups is 1. The summed E-state index contributed by atoms with van der Waals surface area (Å²) in [5.74, 6) is 0.798. The van der Waals surface area contributed by atoms with Crippen LogP contribution in [-0.2, 0) is 4.79 Å². The molecule has 25 heavy (non-hydrogen) atoms. The van der Waals surface area contributed by atoms with Gasteiger partial charge in [0.1, 0.15) is 5.75 Å². The lowest BCUT2D eigenvalue weighted by atomic mass is 10.2. The van der Waals surface area contributed by atoms with Gasteiger partial charge in [0, 0.05) is 44.3 Å². The fraction of sp³-hybridized carbons (Fsp3) is 0.400. The third kappa shape index (κ3) is 4.50. The molecule has 2 aromatic rings. The van der Waals surface area contributed by atoms with E-state index in [2.05, 4.69) is 16.8 Å². The molecule has 0 saturated carbocycles. The molecule has 0 spiro atoms. The van der Waals surface area contributed by atoms with E-state index in [4.69, 9.17) is 4.74 Å². The summed E-state index contributed by atoms with van der Waals surface area (Å²) < 4.78 is 5.66. The zero-order valence-electron chi connectivity index (χ0n) is 14.9. The van der Waals surface area contributed by atoms with E-state index in [0.717, 1.165) is 43.9 Å². The Morgan fingerprint density at radius 1 is 1.16 bits per heavy atom. The normalized spacial score (nSPS) is 15.0. The fourth-order valence-electron chi connectivity index (χ4n) is 3.17. The number of aryl methyl sites for hydroxylation is 2. The molecule has 1 aliphatic heterocycles. The second-order valence-corrected chi connectivity index (χ2v) is 6.49. The van der Waals surface area contributed by atoms with Gasteiger partial charge < -0.3 is 14.5 Å². The molecule has 5 heteroatoms. The van der Waals surface area contributed by atoms with Crippen molar-refractivity contribution < 1.29 is 9.53 Å². The second-order valence-electron chi connectivity index (χ2n) is 6.49. The number of carbonyl (C=O) groups excluding carboxylic acids is 1. The highest BCUT2D eigenvalue weighted by molar-refractivity contribution is 5.78. The van der Waals surface area contributed by atoms with E-state index < -0.39 is 0 Å². The molecule has 0 radical (unpaired) electrons. The van der Waals surface area contributed by atoms with Gasteiger partial charge in [0.05, 0.1) is 0 Å². The highest BCUT2D eigenvalue weighted by Crippen LogP contribution is 2.20. The van der Waals surface area contributed by atoms with Crippen LogP contribution in [-0.4, -0.2) is 48.6 Å². The van der Waals surface area contributed by atoms with Crippen LogP contribution in [0.25, 0.3) is 0 Å². The average Bonchev–Trinajstić information content (AvgIpc) is 2.86. The van der Waals surface area contributed by atoms with Crippen molar-refractivity contribution in [2.24, 2.45) is 0 Å². The maximum Gasteiger partial charge on any atom is 0.260 e. The lowest BCUT2D eigenvalue weighted by molar-refractivity contribution is -0.133. The molecule has 1 aliphatic rings. The van der Waals surface area contributed by atoms with E-state index >= 15 is 0 Å². The lowest BCUT2D eigenvalue weighted by Gasteiger charge is -2.25. The van der Waals surface area contributed by atoms with Crippen LogP contribution >= 0.6 is 0 Å². The van der Waals surface area contributed by atoms with Crippen LogP contribution < -0.4 is 9.64 Å². The SMILES string of the molecule is Cc1cccc(OCC(=O)N2CCCN(c3ccncc3C)CC2)c1. The summed E-state index contributed by atoms with van der Waals surface area (Å²) in [5, 5.41) is 0. The molecule has 0 N–H and O–H groups in total. The minimum atomic E-state index is 0.0507. The Morgan fingerprint density at radius 3 is 2.84 bits per heavy atom. The van der Waals surface area contributed by atoms with E-state index in [1.54, 1.807) is 0 Å². The third-order valence-corrected chi connectivity index (χ3v) is 4.53. The lowest BCUT2D eigenvalue weighted by Crippen LogP contribution is -2.38. The van der Waals surface area contributed by atoms with Crippen LogP contribution in [0.3, 0.4) is 0 Å². The summed E-state index contributed by atoms with van der Waals surface area (Å²) >= 11 is 0. The summed E-state index contributed by atoms with van der Waals surface area (Å²) in [7, 11) is 0. The molecule has 5 nitrogen and oxygen atoms in total. The monoisotopic (exact) mass is 339 g/mol. The van der Waals surface area contributed by atoms with Gasteiger partial charge >= 0.3 is 0 Å². The zero-order valence-corrected chi connectivity index (χ0v) is 14.9. The minimum Gasteiger partial charge on any atom is -0.484 e. The van der Waals surface area contributed by atoms with Crippen molar-refractivity contribution in [3.05, 3.63) is 53.9 Å². The van der Waals surface area contributed by atoms with E-state index in [9.17, 15) is 4.79 Å². The van der Waals surface area contributed by atoms with Gasteiger partial charge in [-0.1, -0.05) is 12.1 Å². The number of benzene rings is 1. The molecular weight excluding hydrogens is 314 g/mol. The number of pyridine rings is 1. The molecule has 132 valence electrons. The number of anilines is 1.